The van der Waals surface area contributed by atoms with Gasteiger partial charge in [0.2, 0.25) is 0 Å². The van der Waals surface area contributed by atoms with Crippen molar-refractivity contribution >= 4 is 17.4 Å². The number of aromatic nitrogens is 3. The van der Waals surface area contributed by atoms with Gasteiger partial charge in [-0.3, -0.25) is 0 Å². The van der Waals surface area contributed by atoms with Gasteiger partial charge in [0, 0.05) is 25.2 Å². The molecular formula is C15H20N4O2. The Kier molecular flexibility index (Phi) is 3.53. The quantitative estimate of drug-likeness (QED) is 0.939. The fourth-order valence-corrected chi connectivity index (χ4v) is 2.72. The van der Waals surface area contributed by atoms with Crippen LogP contribution >= 0.6 is 0 Å². The molecule has 1 aliphatic rings. The van der Waals surface area contributed by atoms with Crippen molar-refractivity contribution in [3.05, 3.63) is 23.5 Å². The maximum absolute atomic E-state index is 11.3. The van der Waals surface area contributed by atoms with E-state index in [2.05, 4.69) is 28.8 Å². The Morgan fingerprint density at radius 3 is 2.57 bits per heavy atom. The van der Waals surface area contributed by atoms with Crippen LogP contribution < -0.4 is 4.90 Å². The lowest BCUT2D eigenvalue weighted by Gasteiger charge is -2.28. The van der Waals surface area contributed by atoms with E-state index in [1.807, 2.05) is 6.07 Å². The van der Waals surface area contributed by atoms with Crippen LogP contribution in [0.5, 0.6) is 0 Å². The molecule has 6 heteroatoms. The summed E-state index contributed by atoms with van der Waals surface area (Å²) in [5.74, 6) is 0.126. The van der Waals surface area contributed by atoms with Crippen LogP contribution in [0.3, 0.4) is 0 Å². The fraction of sp³-hybridized carbons (Fsp3) is 0.533. The third-order valence-corrected chi connectivity index (χ3v) is 3.92. The summed E-state index contributed by atoms with van der Waals surface area (Å²) in [6.45, 7) is 6.02. The third kappa shape index (κ3) is 2.57. The summed E-state index contributed by atoms with van der Waals surface area (Å²) in [5, 5.41) is 13.9. The molecule has 112 valence electrons. The van der Waals surface area contributed by atoms with Crippen LogP contribution in [0.1, 0.15) is 55.2 Å². The number of hydrogen-bond donors (Lipinski definition) is 1. The molecule has 3 rings (SSSR count). The van der Waals surface area contributed by atoms with Gasteiger partial charge in [-0.1, -0.05) is 13.8 Å². The van der Waals surface area contributed by atoms with Gasteiger partial charge in [0.1, 0.15) is 5.82 Å². The molecule has 0 radical (unpaired) electrons. The number of rotatable bonds is 3. The summed E-state index contributed by atoms with van der Waals surface area (Å²) in [6, 6.07) is 3.52. The minimum atomic E-state index is -0.997. The van der Waals surface area contributed by atoms with E-state index < -0.39 is 5.97 Å². The second-order valence-corrected chi connectivity index (χ2v) is 5.85. The Balaban J connectivity index is 2.16. The maximum Gasteiger partial charge on any atom is 0.354 e. The van der Waals surface area contributed by atoms with Gasteiger partial charge in [-0.15, -0.1) is 0 Å². The van der Waals surface area contributed by atoms with Crippen LogP contribution in [-0.4, -0.2) is 38.8 Å². The number of hydrogen-bond acceptors (Lipinski definition) is 4. The van der Waals surface area contributed by atoms with Gasteiger partial charge < -0.3 is 10.0 Å². The molecule has 6 nitrogen and oxygen atoms in total. The van der Waals surface area contributed by atoms with Crippen LogP contribution in [0.15, 0.2) is 12.1 Å². The minimum Gasteiger partial charge on any atom is -0.477 e. The van der Waals surface area contributed by atoms with Gasteiger partial charge in [0.05, 0.1) is 5.69 Å². The predicted octanol–water partition coefficient (Wildman–Crippen LogP) is 2.54. The summed E-state index contributed by atoms with van der Waals surface area (Å²) in [4.78, 5) is 17.7. The molecule has 2 aromatic rings. The van der Waals surface area contributed by atoms with Crippen molar-refractivity contribution < 1.29 is 9.90 Å². The van der Waals surface area contributed by atoms with Crippen molar-refractivity contribution in [1.82, 2.24) is 14.6 Å². The first-order valence-electron chi connectivity index (χ1n) is 7.45. The number of carbonyl (C=O) groups is 1. The van der Waals surface area contributed by atoms with E-state index in [0.29, 0.717) is 5.65 Å². The van der Waals surface area contributed by atoms with E-state index in [9.17, 15) is 9.90 Å². The summed E-state index contributed by atoms with van der Waals surface area (Å²) in [7, 11) is 0. The average Bonchev–Trinajstić information content (AvgIpc) is 2.91. The summed E-state index contributed by atoms with van der Waals surface area (Å²) in [5.41, 5.74) is 1.63. The molecule has 3 heterocycles. The summed E-state index contributed by atoms with van der Waals surface area (Å²) in [6.07, 6.45) is 3.49. The molecule has 1 aliphatic heterocycles. The number of fused-ring (bicyclic) bond motifs is 1. The van der Waals surface area contributed by atoms with Crippen LogP contribution in [0, 0.1) is 0 Å². The number of carboxylic acids is 1. The molecule has 0 atom stereocenters. The van der Waals surface area contributed by atoms with Crippen molar-refractivity contribution in [1.29, 1.82) is 0 Å². The monoisotopic (exact) mass is 288 g/mol. The Morgan fingerprint density at radius 1 is 1.24 bits per heavy atom. The molecular weight excluding hydrogens is 268 g/mol. The fourth-order valence-electron chi connectivity index (χ4n) is 2.72. The average molecular weight is 288 g/mol. The molecule has 21 heavy (non-hydrogen) atoms. The van der Waals surface area contributed by atoms with Crippen molar-refractivity contribution in [2.75, 3.05) is 18.0 Å². The SMILES string of the molecule is CC(C)c1cc2nc(C(=O)O)cc(N3CCCCC3)n2n1. The topological polar surface area (TPSA) is 70.7 Å². The molecule has 0 aliphatic carbocycles. The first-order chi connectivity index (χ1) is 10.1. The zero-order chi connectivity index (χ0) is 15.0. The van der Waals surface area contributed by atoms with E-state index in [-0.39, 0.29) is 11.6 Å². The number of nitrogens with zero attached hydrogens (tertiary/aromatic N) is 4. The van der Waals surface area contributed by atoms with Crippen molar-refractivity contribution in [2.45, 2.75) is 39.0 Å². The molecule has 2 aromatic heterocycles. The normalized spacial score (nSPS) is 15.9. The Labute approximate surface area is 123 Å². The Bertz CT molecular complexity index is 672. The number of aromatic carboxylic acids is 1. The van der Waals surface area contributed by atoms with Crippen LogP contribution in [0.25, 0.3) is 5.65 Å². The van der Waals surface area contributed by atoms with E-state index in [4.69, 9.17) is 0 Å². The zero-order valence-corrected chi connectivity index (χ0v) is 12.4. The van der Waals surface area contributed by atoms with Crippen LogP contribution in [0.2, 0.25) is 0 Å². The number of piperidine rings is 1. The van der Waals surface area contributed by atoms with Crippen molar-refractivity contribution in [3.8, 4) is 0 Å². The molecule has 0 aromatic carbocycles. The van der Waals surface area contributed by atoms with E-state index in [1.54, 1.807) is 10.6 Å². The summed E-state index contributed by atoms with van der Waals surface area (Å²) < 4.78 is 1.78. The van der Waals surface area contributed by atoms with E-state index >= 15 is 0 Å². The van der Waals surface area contributed by atoms with Gasteiger partial charge in [0.25, 0.3) is 0 Å². The lowest BCUT2D eigenvalue weighted by atomic mass is 10.1. The van der Waals surface area contributed by atoms with Gasteiger partial charge in [-0.05, 0) is 25.2 Å². The van der Waals surface area contributed by atoms with Gasteiger partial charge in [0.15, 0.2) is 11.3 Å². The van der Waals surface area contributed by atoms with Crippen molar-refractivity contribution in [2.24, 2.45) is 0 Å². The second kappa shape index (κ2) is 5.35. The van der Waals surface area contributed by atoms with E-state index in [1.165, 1.54) is 6.42 Å². The largest absolute Gasteiger partial charge is 0.477 e. The molecule has 0 amide bonds. The number of anilines is 1. The highest BCUT2D eigenvalue weighted by molar-refractivity contribution is 5.87. The van der Waals surface area contributed by atoms with Gasteiger partial charge >= 0.3 is 5.97 Å². The molecule has 0 saturated carbocycles. The second-order valence-electron chi connectivity index (χ2n) is 5.85. The number of carboxylic acid groups (broad SMARTS) is 1. The predicted molar refractivity (Wildman–Crippen MR) is 80.1 cm³/mol. The van der Waals surface area contributed by atoms with Crippen LogP contribution in [-0.2, 0) is 0 Å². The minimum absolute atomic E-state index is 0.0817. The molecule has 0 spiro atoms. The van der Waals surface area contributed by atoms with E-state index in [0.717, 1.165) is 37.4 Å². The smallest absolute Gasteiger partial charge is 0.354 e. The standard InChI is InChI=1S/C15H20N4O2/c1-10(2)11-8-13-16-12(15(20)21)9-14(19(13)17-11)18-6-4-3-5-7-18/h8-10H,3-7H2,1-2H3,(H,20,21). The lowest BCUT2D eigenvalue weighted by molar-refractivity contribution is 0.0690. The molecule has 0 unspecified atom stereocenters. The van der Waals surface area contributed by atoms with Gasteiger partial charge in [-0.2, -0.15) is 9.61 Å². The first kappa shape index (κ1) is 13.9. The highest BCUT2D eigenvalue weighted by atomic mass is 16.4. The molecule has 1 N–H and O–H groups in total. The Hall–Kier alpha value is -2.11. The molecule has 1 fully saturated rings. The lowest BCUT2D eigenvalue weighted by Crippen LogP contribution is -2.31. The zero-order valence-electron chi connectivity index (χ0n) is 12.4. The first-order valence-corrected chi connectivity index (χ1v) is 7.45. The Morgan fingerprint density at radius 2 is 1.95 bits per heavy atom. The highest BCUT2D eigenvalue weighted by Crippen LogP contribution is 2.24. The van der Waals surface area contributed by atoms with Crippen molar-refractivity contribution in [3.63, 3.8) is 0 Å². The third-order valence-electron chi connectivity index (χ3n) is 3.92. The maximum atomic E-state index is 11.3. The van der Waals surface area contributed by atoms with Gasteiger partial charge in [-0.25, -0.2) is 9.78 Å². The van der Waals surface area contributed by atoms with Crippen LogP contribution in [0.4, 0.5) is 5.82 Å². The molecule has 0 bridgehead atoms. The highest BCUT2D eigenvalue weighted by Gasteiger charge is 2.20. The molecule has 1 saturated heterocycles. The summed E-state index contributed by atoms with van der Waals surface area (Å²) >= 11 is 0.